The van der Waals surface area contributed by atoms with E-state index in [0.29, 0.717) is 5.92 Å². The van der Waals surface area contributed by atoms with Gasteiger partial charge in [0.25, 0.3) is 0 Å². The normalized spacial score (nSPS) is 21.9. The minimum absolute atomic E-state index is 0.108. The Morgan fingerprint density at radius 3 is 2.90 bits per heavy atom. The third-order valence-corrected chi connectivity index (χ3v) is 4.29. The number of benzene rings is 1. The predicted octanol–water partition coefficient (Wildman–Crippen LogP) is 2.66. The van der Waals surface area contributed by atoms with Crippen LogP contribution in [-0.2, 0) is 4.74 Å². The number of nitrogens with two attached hydrogens (primary N) is 1. The zero-order valence-corrected chi connectivity index (χ0v) is 13.1. The monoisotopic (exact) mass is 276 g/mol. The molecule has 1 fully saturated rings. The van der Waals surface area contributed by atoms with E-state index in [2.05, 4.69) is 36.9 Å². The molecule has 20 heavy (non-hydrogen) atoms. The van der Waals surface area contributed by atoms with Gasteiger partial charge < -0.3 is 15.4 Å². The van der Waals surface area contributed by atoms with Crippen LogP contribution in [0.4, 0.5) is 0 Å². The predicted molar refractivity (Wildman–Crippen MR) is 83.9 cm³/mol. The van der Waals surface area contributed by atoms with Crippen molar-refractivity contribution in [2.45, 2.75) is 32.7 Å². The number of methoxy groups -OCH3 is 1. The Morgan fingerprint density at radius 2 is 2.20 bits per heavy atom. The first-order chi connectivity index (χ1) is 9.60. The average Bonchev–Trinajstić information content (AvgIpc) is 2.39. The summed E-state index contributed by atoms with van der Waals surface area (Å²) in [6, 6.07) is 6.67. The van der Waals surface area contributed by atoms with Crippen molar-refractivity contribution in [3.8, 4) is 0 Å². The number of piperidine rings is 1. The quantitative estimate of drug-likeness (QED) is 0.898. The van der Waals surface area contributed by atoms with Gasteiger partial charge in [0.05, 0.1) is 6.61 Å². The SMILES string of the molecule is COCC1CCCN(CC(N)c2ccc(C)cc2C)C1. The zero-order valence-electron chi connectivity index (χ0n) is 13.1. The minimum Gasteiger partial charge on any atom is -0.384 e. The summed E-state index contributed by atoms with van der Waals surface area (Å²) < 4.78 is 5.29. The topological polar surface area (TPSA) is 38.5 Å². The van der Waals surface area contributed by atoms with Gasteiger partial charge in [0.2, 0.25) is 0 Å². The van der Waals surface area contributed by atoms with Crippen LogP contribution in [0.3, 0.4) is 0 Å². The van der Waals surface area contributed by atoms with E-state index in [1.807, 2.05) is 0 Å². The summed E-state index contributed by atoms with van der Waals surface area (Å²) in [5.41, 5.74) is 10.3. The van der Waals surface area contributed by atoms with Gasteiger partial charge in [0.1, 0.15) is 0 Å². The van der Waals surface area contributed by atoms with Crippen molar-refractivity contribution in [1.82, 2.24) is 4.90 Å². The lowest BCUT2D eigenvalue weighted by Gasteiger charge is -2.34. The lowest BCUT2D eigenvalue weighted by molar-refractivity contribution is 0.0878. The molecule has 0 saturated carbocycles. The first kappa shape index (κ1) is 15.5. The van der Waals surface area contributed by atoms with Gasteiger partial charge in [-0.1, -0.05) is 23.8 Å². The van der Waals surface area contributed by atoms with Gasteiger partial charge in [-0.15, -0.1) is 0 Å². The smallest absolute Gasteiger partial charge is 0.0502 e. The molecule has 1 heterocycles. The largest absolute Gasteiger partial charge is 0.384 e. The fraction of sp³-hybridized carbons (Fsp3) is 0.647. The fourth-order valence-corrected chi connectivity index (χ4v) is 3.31. The van der Waals surface area contributed by atoms with E-state index in [0.717, 1.165) is 19.7 Å². The van der Waals surface area contributed by atoms with E-state index in [9.17, 15) is 0 Å². The molecule has 1 aliphatic rings. The number of nitrogens with zero attached hydrogens (tertiary/aromatic N) is 1. The van der Waals surface area contributed by atoms with Gasteiger partial charge in [0.15, 0.2) is 0 Å². The molecule has 3 nitrogen and oxygen atoms in total. The molecule has 0 amide bonds. The molecule has 0 radical (unpaired) electrons. The van der Waals surface area contributed by atoms with Crippen molar-refractivity contribution in [2.75, 3.05) is 33.4 Å². The van der Waals surface area contributed by atoms with Crippen LogP contribution in [0.2, 0.25) is 0 Å². The van der Waals surface area contributed by atoms with Crippen LogP contribution >= 0.6 is 0 Å². The summed E-state index contributed by atoms with van der Waals surface area (Å²) in [6.07, 6.45) is 2.54. The summed E-state index contributed by atoms with van der Waals surface area (Å²) in [5, 5.41) is 0. The standard InChI is InChI=1S/C17H28N2O/c1-13-6-7-16(14(2)9-13)17(18)11-19-8-4-5-15(10-19)12-20-3/h6-7,9,15,17H,4-5,8,10-12,18H2,1-3H3. The Morgan fingerprint density at radius 1 is 1.40 bits per heavy atom. The second-order valence-corrected chi connectivity index (χ2v) is 6.19. The summed E-state index contributed by atoms with van der Waals surface area (Å²) in [5.74, 6) is 0.667. The zero-order chi connectivity index (χ0) is 14.5. The summed E-state index contributed by atoms with van der Waals surface area (Å²) in [4.78, 5) is 2.50. The number of likely N-dealkylation sites (tertiary alicyclic amines) is 1. The Balaban J connectivity index is 1.95. The van der Waals surface area contributed by atoms with Crippen LogP contribution in [0.15, 0.2) is 18.2 Å². The third-order valence-electron chi connectivity index (χ3n) is 4.29. The second kappa shape index (κ2) is 7.21. The van der Waals surface area contributed by atoms with E-state index in [4.69, 9.17) is 10.5 Å². The van der Waals surface area contributed by atoms with E-state index in [1.54, 1.807) is 7.11 Å². The van der Waals surface area contributed by atoms with Crippen LogP contribution in [0.5, 0.6) is 0 Å². The fourth-order valence-electron chi connectivity index (χ4n) is 3.31. The van der Waals surface area contributed by atoms with Gasteiger partial charge in [-0.25, -0.2) is 0 Å². The summed E-state index contributed by atoms with van der Waals surface area (Å²) >= 11 is 0. The number of hydrogen-bond donors (Lipinski definition) is 1. The first-order valence-electron chi connectivity index (χ1n) is 7.64. The van der Waals surface area contributed by atoms with Crippen molar-refractivity contribution in [2.24, 2.45) is 11.7 Å². The third kappa shape index (κ3) is 4.05. The molecule has 0 aliphatic carbocycles. The molecule has 1 aromatic carbocycles. The van der Waals surface area contributed by atoms with Gasteiger partial charge in [-0.2, -0.15) is 0 Å². The number of aryl methyl sites for hydroxylation is 2. The van der Waals surface area contributed by atoms with Crippen LogP contribution in [0.1, 0.15) is 35.6 Å². The highest BCUT2D eigenvalue weighted by Gasteiger charge is 2.22. The molecule has 2 rings (SSSR count). The molecule has 112 valence electrons. The molecular formula is C17H28N2O. The molecule has 0 spiro atoms. The molecule has 2 atom stereocenters. The minimum atomic E-state index is 0.108. The van der Waals surface area contributed by atoms with Crippen molar-refractivity contribution in [3.05, 3.63) is 34.9 Å². The number of ether oxygens (including phenoxy) is 1. The van der Waals surface area contributed by atoms with E-state index in [-0.39, 0.29) is 6.04 Å². The summed E-state index contributed by atoms with van der Waals surface area (Å²) in [6.45, 7) is 8.39. The summed E-state index contributed by atoms with van der Waals surface area (Å²) in [7, 11) is 1.79. The Bertz CT molecular complexity index is 431. The lowest BCUT2D eigenvalue weighted by Crippen LogP contribution is -2.41. The van der Waals surface area contributed by atoms with Crippen molar-refractivity contribution in [1.29, 1.82) is 0 Å². The Kier molecular flexibility index (Phi) is 5.58. The lowest BCUT2D eigenvalue weighted by atomic mass is 9.96. The van der Waals surface area contributed by atoms with Gasteiger partial charge in [0, 0.05) is 26.2 Å². The second-order valence-electron chi connectivity index (χ2n) is 6.19. The molecular weight excluding hydrogens is 248 g/mol. The Hall–Kier alpha value is -0.900. The highest BCUT2D eigenvalue weighted by molar-refractivity contribution is 5.32. The number of hydrogen-bond acceptors (Lipinski definition) is 3. The van der Waals surface area contributed by atoms with Crippen LogP contribution in [-0.4, -0.2) is 38.3 Å². The van der Waals surface area contributed by atoms with Crippen LogP contribution in [0.25, 0.3) is 0 Å². The molecule has 0 aromatic heterocycles. The van der Waals surface area contributed by atoms with Crippen molar-refractivity contribution in [3.63, 3.8) is 0 Å². The maximum Gasteiger partial charge on any atom is 0.0502 e. The van der Waals surface area contributed by atoms with E-state index >= 15 is 0 Å². The first-order valence-corrected chi connectivity index (χ1v) is 7.64. The molecule has 1 aliphatic heterocycles. The van der Waals surface area contributed by atoms with E-state index in [1.165, 1.54) is 36.1 Å². The highest BCUT2D eigenvalue weighted by Crippen LogP contribution is 2.22. The van der Waals surface area contributed by atoms with Gasteiger partial charge >= 0.3 is 0 Å². The number of rotatable bonds is 5. The van der Waals surface area contributed by atoms with Gasteiger partial charge in [-0.3, -0.25) is 0 Å². The van der Waals surface area contributed by atoms with Crippen LogP contribution < -0.4 is 5.73 Å². The maximum absolute atomic E-state index is 6.42. The van der Waals surface area contributed by atoms with Crippen molar-refractivity contribution >= 4 is 0 Å². The van der Waals surface area contributed by atoms with E-state index < -0.39 is 0 Å². The van der Waals surface area contributed by atoms with Gasteiger partial charge in [-0.05, 0) is 50.3 Å². The van der Waals surface area contributed by atoms with Crippen molar-refractivity contribution < 1.29 is 4.74 Å². The molecule has 2 N–H and O–H groups in total. The highest BCUT2D eigenvalue weighted by atomic mass is 16.5. The maximum atomic E-state index is 6.42. The molecule has 1 aromatic rings. The Labute approximate surface area is 123 Å². The molecule has 1 saturated heterocycles. The molecule has 2 unspecified atom stereocenters. The molecule has 0 bridgehead atoms. The molecule has 3 heteroatoms. The van der Waals surface area contributed by atoms with Crippen LogP contribution in [0, 0.1) is 19.8 Å². The average molecular weight is 276 g/mol.